The Labute approximate surface area is 176 Å². The molecule has 1 aromatic rings. The van der Waals surface area contributed by atoms with Gasteiger partial charge in [0.1, 0.15) is 11.5 Å². The van der Waals surface area contributed by atoms with E-state index >= 15 is 0 Å². The molecule has 0 spiro atoms. The highest BCUT2D eigenvalue weighted by atomic mass is 32.9. The molecule has 0 aliphatic carbocycles. The molecule has 1 rings (SSSR count). The highest BCUT2D eigenvalue weighted by Crippen LogP contribution is 2.65. The number of ether oxygens (including phenoxy) is 2. The topological polar surface area (TPSA) is 83.1 Å². The van der Waals surface area contributed by atoms with Crippen LogP contribution in [-0.4, -0.2) is 25.5 Å². The van der Waals surface area contributed by atoms with Crippen molar-refractivity contribution in [2.24, 2.45) is 10.5 Å². The van der Waals surface area contributed by atoms with Crippen molar-refractivity contribution >= 4 is 40.6 Å². The van der Waals surface area contributed by atoms with Crippen molar-refractivity contribution in [2.75, 3.05) is 13.7 Å². The summed E-state index contributed by atoms with van der Waals surface area (Å²) in [6, 6.07) is 7.63. The van der Waals surface area contributed by atoms with Gasteiger partial charge in [-0.25, -0.2) is 4.79 Å². The van der Waals surface area contributed by atoms with Gasteiger partial charge in [0.25, 0.3) is 5.62 Å². The Balaban J connectivity index is 2.78. The molecule has 6 nitrogen and oxygen atoms in total. The number of methoxy groups -OCH3 is 1. The van der Waals surface area contributed by atoms with Crippen LogP contribution >= 0.6 is 17.0 Å². The van der Waals surface area contributed by atoms with E-state index in [-0.39, 0.29) is 0 Å². The van der Waals surface area contributed by atoms with Crippen molar-refractivity contribution in [1.29, 1.82) is 0 Å². The predicted molar refractivity (Wildman–Crippen MR) is 120 cm³/mol. The van der Waals surface area contributed by atoms with E-state index in [0.29, 0.717) is 18.2 Å². The number of rotatable bonds is 12. The fourth-order valence-electron chi connectivity index (χ4n) is 2.13. The number of carbonyl (C=O) groups is 1. The molecule has 0 radical (unpaired) electrons. The minimum atomic E-state index is -2.77. The summed E-state index contributed by atoms with van der Waals surface area (Å²) >= 11 is 6.94. The normalized spacial score (nSPS) is 14.3. The van der Waals surface area contributed by atoms with Crippen LogP contribution in [0.4, 0.5) is 0 Å². The standard InChI is InChI=1S/C19H29N2O4PS2/c1-5-6-7-8-13-24-17-9-11-18(12-10-17)28-26(27,21-16(3)20)25-15(2)14-19(22)23-4/h9-12,14H,5-8,13H2,1-4H3,(H2,20,21,27). The van der Waals surface area contributed by atoms with Gasteiger partial charge in [-0.05, 0) is 67.7 Å². The smallest absolute Gasteiger partial charge is 0.333 e. The Kier molecular flexibility index (Phi) is 11.3. The molecule has 1 unspecified atom stereocenters. The minimum absolute atomic E-state index is 0.328. The van der Waals surface area contributed by atoms with Crippen LogP contribution in [0.15, 0.2) is 45.8 Å². The van der Waals surface area contributed by atoms with Crippen LogP contribution in [0.25, 0.3) is 0 Å². The third-order valence-corrected chi connectivity index (χ3v) is 8.10. The maximum atomic E-state index is 11.4. The molecule has 9 heteroatoms. The fraction of sp³-hybridized carbons (Fsp3) is 0.474. The first kappa shape index (κ1) is 24.5. The van der Waals surface area contributed by atoms with Crippen molar-refractivity contribution in [2.45, 2.75) is 51.3 Å². The van der Waals surface area contributed by atoms with Gasteiger partial charge in [0.15, 0.2) is 0 Å². The van der Waals surface area contributed by atoms with Gasteiger partial charge >= 0.3 is 5.97 Å². The number of esters is 1. The van der Waals surface area contributed by atoms with Crippen LogP contribution in [0.3, 0.4) is 0 Å². The lowest BCUT2D eigenvalue weighted by Gasteiger charge is -2.19. The third-order valence-electron chi connectivity index (χ3n) is 3.37. The van der Waals surface area contributed by atoms with Crippen molar-refractivity contribution in [3.63, 3.8) is 0 Å². The highest BCUT2D eigenvalue weighted by Gasteiger charge is 2.21. The molecular formula is C19H29N2O4PS2. The first-order chi connectivity index (χ1) is 13.3. The van der Waals surface area contributed by atoms with Crippen LogP contribution in [-0.2, 0) is 25.9 Å². The van der Waals surface area contributed by atoms with Crippen molar-refractivity contribution < 1.29 is 18.8 Å². The van der Waals surface area contributed by atoms with Crippen LogP contribution in [0.5, 0.6) is 5.75 Å². The summed E-state index contributed by atoms with van der Waals surface area (Å²) in [5.74, 6) is 0.960. The first-order valence-corrected chi connectivity index (χ1v) is 13.2. The van der Waals surface area contributed by atoms with Gasteiger partial charge in [-0.3, -0.25) is 0 Å². The summed E-state index contributed by atoms with van der Waals surface area (Å²) in [7, 11) is 1.30. The number of benzene rings is 1. The average Bonchev–Trinajstić information content (AvgIpc) is 2.61. The summed E-state index contributed by atoms with van der Waals surface area (Å²) in [6.07, 6.45) is 5.90. The zero-order valence-electron chi connectivity index (χ0n) is 16.8. The first-order valence-electron chi connectivity index (χ1n) is 9.08. The number of nitrogens with zero attached hydrogens (tertiary/aromatic N) is 1. The molecule has 0 saturated carbocycles. The number of allylic oxidation sites excluding steroid dienone is 1. The molecule has 0 fully saturated rings. The third kappa shape index (κ3) is 10.2. The van der Waals surface area contributed by atoms with E-state index in [2.05, 4.69) is 16.4 Å². The molecule has 0 saturated heterocycles. The van der Waals surface area contributed by atoms with Gasteiger partial charge in [0, 0.05) is 4.90 Å². The van der Waals surface area contributed by atoms with Gasteiger partial charge < -0.3 is 19.7 Å². The Hall–Kier alpha value is -1.50. The lowest BCUT2D eigenvalue weighted by Crippen LogP contribution is -2.05. The van der Waals surface area contributed by atoms with Gasteiger partial charge in [-0.1, -0.05) is 26.2 Å². The molecule has 0 aliphatic rings. The van der Waals surface area contributed by atoms with Crippen LogP contribution in [0.1, 0.15) is 46.5 Å². The van der Waals surface area contributed by atoms with E-state index in [1.165, 1.54) is 43.8 Å². The Morgan fingerprint density at radius 1 is 1.25 bits per heavy atom. The SMILES string of the molecule is CCCCCCOc1ccc(SP(=S)(N=C(C)N)OC(C)=CC(=O)OC)cc1. The summed E-state index contributed by atoms with van der Waals surface area (Å²) in [6.45, 7) is 6.18. The fourth-order valence-corrected chi connectivity index (χ4v) is 7.23. The van der Waals surface area contributed by atoms with Crippen LogP contribution in [0, 0.1) is 0 Å². The van der Waals surface area contributed by atoms with Gasteiger partial charge in [0.05, 0.1) is 25.6 Å². The van der Waals surface area contributed by atoms with Gasteiger partial charge in [-0.15, -0.1) is 0 Å². The van der Waals surface area contributed by atoms with E-state index < -0.39 is 11.6 Å². The van der Waals surface area contributed by atoms with E-state index in [0.717, 1.165) is 17.1 Å². The Morgan fingerprint density at radius 2 is 1.93 bits per heavy atom. The lowest BCUT2D eigenvalue weighted by atomic mass is 10.2. The van der Waals surface area contributed by atoms with E-state index in [1.54, 1.807) is 13.8 Å². The average molecular weight is 445 g/mol. The lowest BCUT2D eigenvalue weighted by molar-refractivity contribution is -0.135. The van der Waals surface area contributed by atoms with Gasteiger partial charge in [-0.2, -0.15) is 4.76 Å². The highest BCUT2D eigenvalue weighted by molar-refractivity contribution is 8.69. The van der Waals surface area contributed by atoms with Crippen LogP contribution < -0.4 is 10.5 Å². The van der Waals surface area contributed by atoms with Crippen molar-refractivity contribution in [3.8, 4) is 5.75 Å². The second-order valence-corrected chi connectivity index (χ2v) is 12.2. The molecule has 0 aromatic heterocycles. The predicted octanol–water partition coefficient (Wildman–Crippen LogP) is 5.43. The number of hydrogen-bond acceptors (Lipinski definition) is 6. The molecule has 1 atom stereocenters. The quantitative estimate of drug-likeness (QED) is 0.0875. The summed E-state index contributed by atoms with van der Waals surface area (Å²) in [5, 5.41) is 0. The van der Waals surface area contributed by atoms with Crippen LogP contribution in [0.2, 0.25) is 0 Å². The summed E-state index contributed by atoms with van der Waals surface area (Å²) in [4.78, 5) is 12.3. The summed E-state index contributed by atoms with van der Waals surface area (Å²) in [5.41, 5.74) is 2.96. The monoisotopic (exact) mass is 444 g/mol. The number of carbonyl (C=O) groups excluding carboxylic acids is 1. The minimum Gasteiger partial charge on any atom is -0.494 e. The number of unbranched alkanes of at least 4 members (excludes halogenated alkanes) is 3. The van der Waals surface area contributed by atoms with E-state index in [9.17, 15) is 4.79 Å². The molecule has 0 aliphatic heterocycles. The molecule has 0 bridgehead atoms. The second-order valence-electron chi connectivity index (χ2n) is 6.05. The molecule has 156 valence electrons. The molecule has 0 heterocycles. The molecule has 28 heavy (non-hydrogen) atoms. The largest absolute Gasteiger partial charge is 0.494 e. The number of amidine groups is 1. The summed E-state index contributed by atoms with van der Waals surface area (Å²) < 4.78 is 20.5. The van der Waals surface area contributed by atoms with Crippen molar-refractivity contribution in [1.82, 2.24) is 0 Å². The zero-order valence-corrected chi connectivity index (χ0v) is 19.4. The van der Waals surface area contributed by atoms with E-state index in [1.807, 2.05) is 24.3 Å². The molecule has 0 amide bonds. The molecule has 2 N–H and O–H groups in total. The zero-order chi connectivity index (χ0) is 21.0. The molecular weight excluding hydrogens is 415 g/mol. The number of hydrogen-bond donors (Lipinski definition) is 1. The maximum absolute atomic E-state index is 11.4. The molecule has 1 aromatic carbocycles. The second kappa shape index (κ2) is 12.9. The Morgan fingerprint density at radius 3 is 2.50 bits per heavy atom. The number of nitrogens with two attached hydrogens (primary N) is 1. The van der Waals surface area contributed by atoms with Crippen molar-refractivity contribution in [3.05, 3.63) is 36.1 Å². The van der Waals surface area contributed by atoms with E-state index in [4.69, 9.17) is 26.8 Å². The van der Waals surface area contributed by atoms with Gasteiger partial charge in [0.2, 0.25) is 0 Å². The maximum Gasteiger partial charge on any atom is 0.333 e. The Bertz CT molecular complexity index is 732.